The predicted molar refractivity (Wildman–Crippen MR) is 126 cm³/mol. The highest BCUT2D eigenvalue weighted by molar-refractivity contribution is 7.22. The van der Waals surface area contributed by atoms with E-state index in [9.17, 15) is 4.79 Å². The number of benzene rings is 2. The molecule has 1 amide bonds. The van der Waals surface area contributed by atoms with Crippen LogP contribution in [-0.2, 0) is 11.3 Å². The molecule has 162 valence electrons. The van der Waals surface area contributed by atoms with Crippen LogP contribution in [0, 0.1) is 6.92 Å². The first-order valence-electron chi connectivity index (χ1n) is 10.2. The summed E-state index contributed by atoms with van der Waals surface area (Å²) in [6.07, 6.45) is 2.18. The lowest BCUT2D eigenvalue weighted by molar-refractivity contribution is -0.130. The summed E-state index contributed by atoms with van der Waals surface area (Å²) in [4.78, 5) is 24.4. The van der Waals surface area contributed by atoms with E-state index < -0.39 is 12.2 Å². The number of halogens is 1. The number of nitrogens with zero attached hydrogens (tertiary/aromatic N) is 3. The van der Waals surface area contributed by atoms with Crippen molar-refractivity contribution in [2.24, 2.45) is 0 Å². The normalized spacial score (nSPS) is 17.3. The maximum absolute atomic E-state index is 13.8. The molecule has 0 saturated heterocycles. The minimum atomic E-state index is -0.807. The Balaban J connectivity index is 1.54. The maximum Gasteiger partial charge on any atom is 0.274 e. The van der Waals surface area contributed by atoms with Crippen LogP contribution < -0.4 is 14.4 Å². The second kappa shape index (κ2) is 8.41. The highest BCUT2D eigenvalue weighted by Gasteiger charge is 2.38. The number of fused-ring (bicyclic) bond motifs is 2. The quantitative estimate of drug-likeness (QED) is 0.403. The van der Waals surface area contributed by atoms with Crippen molar-refractivity contribution in [2.75, 3.05) is 4.90 Å². The smallest absolute Gasteiger partial charge is 0.274 e. The lowest BCUT2D eigenvalue weighted by Crippen LogP contribution is -2.50. The molecule has 1 aliphatic rings. The minimum Gasteiger partial charge on any atom is -0.482 e. The number of para-hydroxylation sites is 2. The van der Waals surface area contributed by atoms with Crippen molar-refractivity contribution in [3.63, 3.8) is 0 Å². The van der Waals surface area contributed by atoms with Crippen LogP contribution in [0.3, 0.4) is 0 Å². The summed E-state index contributed by atoms with van der Waals surface area (Å²) in [5, 5.41) is 1.22. The average molecular weight is 466 g/mol. The first-order valence-corrected chi connectivity index (χ1v) is 11.4. The second-order valence-corrected chi connectivity index (χ2v) is 9.11. The van der Waals surface area contributed by atoms with Crippen LogP contribution in [0.15, 0.2) is 60.9 Å². The molecule has 1 aliphatic heterocycles. The topological polar surface area (TPSA) is 64.6 Å². The highest BCUT2D eigenvalue weighted by Crippen LogP contribution is 2.37. The van der Waals surface area contributed by atoms with Crippen molar-refractivity contribution in [3.8, 4) is 11.5 Å². The molecule has 0 fully saturated rings. The summed E-state index contributed by atoms with van der Waals surface area (Å²) >= 11 is 7.67. The fourth-order valence-corrected chi connectivity index (χ4v) is 5.14. The number of aromatic nitrogens is 2. The van der Waals surface area contributed by atoms with E-state index in [0.717, 1.165) is 21.3 Å². The summed E-state index contributed by atoms with van der Waals surface area (Å²) in [6, 6.07) is 14.9. The molecule has 6 nitrogen and oxygen atoms in total. The van der Waals surface area contributed by atoms with Gasteiger partial charge in [-0.25, -0.2) is 4.98 Å². The molecule has 0 N–H and O–H groups in total. The van der Waals surface area contributed by atoms with Gasteiger partial charge in [0.15, 0.2) is 16.6 Å². The van der Waals surface area contributed by atoms with Crippen molar-refractivity contribution in [1.82, 2.24) is 9.97 Å². The standard InChI is InChI=1S/C24H20ClN3O3S/c1-14-10-17(25)11-20-21(14)27-24(32-20)28(13-16-6-5-9-26-12-16)23(29)22-15(2)30-18-7-3-4-8-19(18)31-22/h3-12,15,22H,13H2,1-2H3. The molecule has 5 rings (SSSR count). The fraction of sp³-hybridized carbons (Fsp3) is 0.208. The zero-order valence-electron chi connectivity index (χ0n) is 17.5. The molecular weight excluding hydrogens is 446 g/mol. The van der Waals surface area contributed by atoms with E-state index in [1.165, 1.54) is 11.3 Å². The monoisotopic (exact) mass is 465 g/mol. The van der Waals surface area contributed by atoms with Crippen molar-refractivity contribution in [3.05, 3.63) is 77.1 Å². The average Bonchev–Trinajstić information content (AvgIpc) is 3.21. The number of hydrogen-bond acceptors (Lipinski definition) is 6. The third-order valence-corrected chi connectivity index (χ3v) is 6.53. The van der Waals surface area contributed by atoms with Crippen LogP contribution in [0.1, 0.15) is 18.1 Å². The molecule has 8 heteroatoms. The molecule has 2 aromatic heterocycles. The Labute approximate surface area is 194 Å². The van der Waals surface area contributed by atoms with Crippen LogP contribution in [0.25, 0.3) is 10.2 Å². The van der Waals surface area contributed by atoms with Crippen LogP contribution in [-0.4, -0.2) is 28.1 Å². The van der Waals surface area contributed by atoms with Crippen LogP contribution in [0.5, 0.6) is 11.5 Å². The molecule has 0 saturated carbocycles. The summed E-state index contributed by atoms with van der Waals surface area (Å²) in [5.74, 6) is 0.962. The summed E-state index contributed by atoms with van der Waals surface area (Å²) < 4.78 is 13.0. The van der Waals surface area contributed by atoms with E-state index in [1.54, 1.807) is 23.4 Å². The fourth-order valence-electron chi connectivity index (χ4n) is 3.72. The first kappa shape index (κ1) is 20.7. The van der Waals surface area contributed by atoms with Gasteiger partial charge >= 0.3 is 0 Å². The van der Waals surface area contributed by atoms with E-state index in [-0.39, 0.29) is 5.91 Å². The van der Waals surface area contributed by atoms with E-state index in [4.69, 9.17) is 26.1 Å². The molecule has 2 aromatic carbocycles. The predicted octanol–water partition coefficient (Wildman–Crippen LogP) is 5.41. The Morgan fingerprint density at radius 2 is 1.94 bits per heavy atom. The van der Waals surface area contributed by atoms with Crippen molar-refractivity contribution in [2.45, 2.75) is 32.6 Å². The van der Waals surface area contributed by atoms with E-state index in [1.807, 2.05) is 56.3 Å². The van der Waals surface area contributed by atoms with Gasteiger partial charge in [0.1, 0.15) is 6.10 Å². The van der Waals surface area contributed by atoms with Crippen molar-refractivity contribution in [1.29, 1.82) is 0 Å². The molecular formula is C24H20ClN3O3S. The SMILES string of the molecule is Cc1cc(Cl)cc2sc(N(Cc3cccnc3)C(=O)C3Oc4ccccc4OC3C)nc12. The van der Waals surface area contributed by atoms with E-state index in [0.29, 0.717) is 28.2 Å². The Morgan fingerprint density at radius 3 is 2.69 bits per heavy atom. The van der Waals surface area contributed by atoms with Gasteiger partial charge in [-0.1, -0.05) is 41.1 Å². The van der Waals surface area contributed by atoms with Gasteiger partial charge in [-0.05, 0) is 55.3 Å². The number of thiazole rings is 1. The van der Waals surface area contributed by atoms with Crippen molar-refractivity contribution < 1.29 is 14.3 Å². The molecule has 0 aliphatic carbocycles. The first-order chi connectivity index (χ1) is 15.5. The number of ether oxygens (including phenoxy) is 2. The van der Waals surface area contributed by atoms with Gasteiger partial charge in [-0.15, -0.1) is 0 Å². The van der Waals surface area contributed by atoms with Gasteiger partial charge in [0.25, 0.3) is 5.91 Å². The lowest BCUT2D eigenvalue weighted by Gasteiger charge is -2.33. The van der Waals surface area contributed by atoms with E-state index >= 15 is 0 Å². The summed E-state index contributed by atoms with van der Waals surface area (Å²) in [7, 11) is 0. The maximum atomic E-state index is 13.8. The zero-order valence-corrected chi connectivity index (χ0v) is 19.1. The number of rotatable bonds is 4. The third-order valence-electron chi connectivity index (χ3n) is 5.29. The second-order valence-electron chi connectivity index (χ2n) is 7.66. The van der Waals surface area contributed by atoms with Gasteiger partial charge in [0.05, 0.1) is 16.8 Å². The molecule has 3 heterocycles. The number of carbonyl (C=O) groups is 1. The number of carbonyl (C=O) groups excluding carboxylic acids is 1. The van der Waals surface area contributed by atoms with Gasteiger partial charge in [-0.2, -0.15) is 0 Å². The molecule has 32 heavy (non-hydrogen) atoms. The highest BCUT2D eigenvalue weighted by atomic mass is 35.5. The Kier molecular flexibility index (Phi) is 5.45. The number of aryl methyl sites for hydroxylation is 1. The molecule has 2 unspecified atom stereocenters. The molecule has 2 atom stereocenters. The lowest BCUT2D eigenvalue weighted by atomic mass is 10.1. The van der Waals surface area contributed by atoms with Gasteiger partial charge in [0, 0.05) is 17.4 Å². The molecule has 0 spiro atoms. The molecule has 0 bridgehead atoms. The Morgan fingerprint density at radius 1 is 1.16 bits per heavy atom. The van der Waals surface area contributed by atoms with Crippen LogP contribution in [0.4, 0.5) is 5.13 Å². The van der Waals surface area contributed by atoms with E-state index in [2.05, 4.69) is 4.98 Å². The minimum absolute atomic E-state index is 0.223. The largest absolute Gasteiger partial charge is 0.482 e. The van der Waals surface area contributed by atoms with Crippen molar-refractivity contribution >= 4 is 44.2 Å². The van der Waals surface area contributed by atoms with Gasteiger partial charge in [-0.3, -0.25) is 14.7 Å². The van der Waals surface area contributed by atoms with Crippen LogP contribution >= 0.6 is 22.9 Å². The Bertz CT molecular complexity index is 1290. The summed E-state index contributed by atoms with van der Waals surface area (Å²) in [5.41, 5.74) is 2.68. The number of pyridine rings is 1. The third kappa shape index (κ3) is 3.89. The number of anilines is 1. The van der Waals surface area contributed by atoms with Gasteiger partial charge < -0.3 is 9.47 Å². The van der Waals surface area contributed by atoms with Crippen LogP contribution in [0.2, 0.25) is 5.02 Å². The molecule has 0 radical (unpaired) electrons. The Hall–Kier alpha value is -3.16. The zero-order chi connectivity index (χ0) is 22.2. The summed E-state index contributed by atoms with van der Waals surface area (Å²) in [6.45, 7) is 4.11. The molecule has 4 aromatic rings. The number of hydrogen-bond donors (Lipinski definition) is 0. The number of amides is 1. The van der Waals surface area contributed by atoms with Gasteiger partial charge in [0.2, 0.25) is 6.10 Å².